The fourth-order valence-electron chi connectivity index (χ4n) is 1.52. The second-order valence-electron chi connectivity index (χ2n) is 3.08. The lowest BCUT2D eigenvalue weighted by Gasteiger charge is -2.12. The average Bonchev–Trinajstić information content (AvgIpc) is 2.19. The van der Waals surface area contributed by atoms with Crippen molar-refractivity contribution in [1.82, 2.24) is 0 Å². The summed E-state index contributed by atoms with van der Waals surface area (Å²) in [5.74, 6) is 0.903. The zero-order valence-corrected chi connectivity index (χ0v) is 8.75. The molecule has 1 aromatic carbocycles. The summed E-state index contributed by atoms with van der Waals surface area (Å²) in [6.45, 7) is 1.20. The molecular weight excluding hydrogens is 178 g/mol. The summed E-state index contributed by atoms with van der Waals surface area (Å²) in [5.41, 5.74) is 7.73. The van der Waals surface area contributed by atoms with Gasteiger partial charge in [-0.1, -0.05) is 18.2 Å². The number of hydrogen-bond acceptors (Lipinski definition) is 3. The third-order valence-corrected chi connectivity index (χ3v) is 2.10. The van der Waals surface area contributed by atoms with Gasteiger partial charge in [-0.05, 0) is 18.5 Å². The van der Waals surface area contributed by atoms with E-state index in [4.69, 9.17) is 15.2 Å². The Balaban J connectivity index is 2.98. The van der Waals surface area contributed by atoms with Gasteiger partial charge in [-0.2, -0.15) is 0 Å². The Bertz CT molecular complexity index is 262. The molecule has 14 heavy (non-hydrogen) atoms. The minimum atomic E-state index is 0.571. The van der Waals surface area contributed by atoms with E-state index in [-0.39, 0.29) is 0 Å². The molecule has 0 heterocycles. The van der Waals surface area contributed by atoms with Gasteiger partial charge in [0.05, 0.1) is 13.7 Å². The van der Waals surface area contributed by atoms with Gasteiger partial charge in [-0.15, -0.1) is 0 Å². The maximum atomic E-state index is 5.52. The Morgan fingerprint density at radius 2 is 1.93 bits per heavy atom. The van der Waals surface area contributed by atoms with Crippen LogP contribution in [0.15, 0.2) is 18.2 Å². The lowest BCUT2D eigenvalue weighted by molar-refractivity contribution is 0.181. The van der Waals surface area contributed by atoms with Gasteiger partial charge < -0.3 is 15.2 Å². The van der Waals surface area contributed by atoms with E-state index in [1.807, 2.05) is 18.2 Å². The van der Waals surface area contributed by atoms with Crippen molar-refractivity contribution in [2.75, 3.05) is 20.8 Å². The lowest BCUT2D eigenvalue weighted by atomic mass is 10.1. The molecule has 0 atom stereocenters. The van der Waals surface area contributed by atoms with Crippen molar-refractivity contribution in [3.63, 3.8) is 0 Å². The van der Waals surface area contributed by atoms with Gasteiger partial charge in [0, 0.05) is 12.7 Å². The molecule has 0 aromatic heterocycles. The highest BCUT2D eigenvalue weighted by molar-refractivity contribution is 5.41. The van der Waals surface area contributed by atoms with Gasteiger partial charge in [0.15, 0.2) is 0 Å². The standard InChI is InChI=1S/C11H17NO2/c1-13-8-10-5-3-4-9(6-7-12)11(10)14-2/h3-5H,6-8,12H2,1-2H3. The molecule has 1 rings (SSSR count). The van der Waals surface area contributed by atoms with E-state index in [2.05, 4.69) is 0 Å². The molecule has 0 radical (unpaired) electrons. The number of para-hydroxylation sites is 1. The Kier molecular flexibility index (Phi) is 4.43. The van der Waals surface area contributed by atoms with Crippen LogP contribution in [-0.2, 0) is 17.8 Å². The molecule has 78 valence electrons. The molecule has 0 unspecified atom stereocenters. The first-order chi connectivity index (χ1) is 6.83. The van der Waals surface area contributed by atoms with Crippen LogP contribution >= 0.6 is 0 Å². The predicted molar refractivity (Wildman–Crippen MR) is 56.5 cm³/mol. The molecule has 0 aliphatic rings. The van der Waals surface area contributed by atoms with Crippen molar-refractivity contribution < 1.29 is 9.47 Å². The first-order valence-corrected chi connectivity index (χ1v) is 4.67. The number of ether oxygens (including phenoxy) is 2. The summed E-state index contributed by atoms with van der Waals surface area (Å²) < 4.78 is 10.4. The van der Waals surface area contributed by atoms with Gasteiger partial charge in [0.25, 0.3) is 0 Å². The molecule has 0 fully saturated rings. The van der Waals surface area contributed by atoms with E-state index in [9.17, 15) is 0 Å². The molecule has 1 aromatic rings. The molecule has 0 spiro atoms. The van der Waals surface area contributed by atoms with Crippen molar-refractivity contribution in [2.24, 2.45) is 5.73 Å². The number of methoxy groups -OCH3 is 2. The van der Waals surface area contributed by atoms with Gasteiger partial charge in [0.2, 0.25) is 0 Å². The number of rotatable bonds is 5. The number of nitrogens with two attached hydrogens (primary N) is 1. The van der Waals surface area contributed by atoms with Gasteiger partial charge in [-0.25, -0.2) is 0 Å². The third kappa shape index (κ3) is 2.47. The molecule has 3 nitrogen and oxygen atoms in total. The smallest absolute Gasteiger partial charge is 0.127 e. The molecule has 0 saturated heterocycles. The molecule has 3 heteroatoms. The monoisotopic (exact) mass is 195 g/mol. The second-order valence-corrected chi connectivity index (χ2v) is 3.08. The van der Waals surface area contributed by atoms with Crippen LogP contribution < -0.4 is 10.5 Å². The minimum Gasteiger partial charge on any atom is -0.496 e. The first kappa shape index (κ1) is 11.0. The van der Waals surface area contributed by atoms with Crippen molar-refractivity contribution >= 4 is 0 Å². The third-order valence-electron chi connectivity index (χ3n) is 2.10. The zero-order valence-electron chi connectivity index (χ0n) is 8.75. The minimum absolute atomic E-state index is 0.571. The van der Waals surface area contributed by atoms with Crippen LogP contribution in [0.3, 0.4) is 0 Å². The molecule has 0 amide bonds. The van der Waals surface area contributed by atoms with Crippen LogP contribution in [0.5, 0.6) is 5.75 Å². The van der Waals surface area contributed by atoms with Crippen LogP contribution in [0.2, 0.25) is 0 Å². The normalized spacial score (nSPS) is 10.2. The average molecular weight is 195 g/mol. The quantitative estimate of drug-likeness (QED) is 0.771. The number of benzene rings is 1. The van der Waals surface area contributed by atoms with Crippen LogP contribution in [-0.4, -0.2) is 20.8 Å². The topological polar surface area (TPSA) is 44.5 Å². The predicted octanol–water partition coefficient (Wildman–Crippen LogP) is 1.34. The highest BCUT2D eigenvalue weighted by atomic mass is 16.5. The second kappa shape index (κ2) is 5.62. The zero-order chi connectivity index (χ0) is 10.4. The summed E-state index contributed by atoms with van der Waals surface area (Å²) in [6, 6.07) is 6.04. The van der Waals surface area contributed by atoms with E-state index in [1.54, 1.807) is 14.2 Å². The molecular formula is C11H17NO2. The van der Waals surface area contributed by atoms with Gasteiger partial charge in [-0.3, -0.25) is 0 Å². The summed E-state index contributed by atoms with van der Waals surface area (Å²) in [6.07, 6.45) is 0.834. The van der Waals surface area contributed by atoms with E-state index >= 15 is 0 Å². The van der Waals surface area contributed by atoms with Crippen LogP contribution in [0.4, 0.5) is 0 Å². The molecule has 0 saturated carbocycles. The Morgan fingerprint density at radius 3 is 2.50 bits per heavy atom. The number of hydrogen-bond donors (Lipinski definition) is 1. The van der Waals surface area contributed by atoms with E-state index in [1.165, 1.54) is 0 Å². The Labute approximate surface area is 84.8 Å². The van der Waals surface area contributed by atoms with E-state index in [0.29, 0.717) is 13.2 Å². The Morgan fingerprint density at radius 1 is 1.21 bits per heavy atom. The van der Waals surface area contributed by atoms with E-state index in [0.717, 1.165) is 23.3 Å². The van der Waals surface area contributed by atoms with Crippen LogP contribution in [0.25, 0.3) is 0 Å². The maximum absolute atomic E-state index is 5.52. The van der Waals surface area contributed by atoms with E-state index < -0.39 is 0 Å². The summed E-state index contributed by atoms with van der Waals surface area (Å²) >= 11 is 0. The van der Waals surface area contributed by atoms with Crippen LogP contribution in [0, 0.1) is 0 Å². The molecule has 0 aliphatic carbocycles. The summed E-state index contributed by atoms with van der Waals surface area (Å²) in [7, 11) is 3.35. The SMILES string of the molecule is COCc1cccc(CCN)c1OC. The van der Waals surface area contributed by atoms with Gasteiger partial charge >= 0.3 is 0 Å². The molecule has 0 aliphatic heterocycles. The fraction of sp³-hybridized carbons (Fsp3) is 0.455. The van der Waals surface area contributed by atoms with Crippen molar-refractivity contribution in [2.45, 2.75) is 13.0 Å². The summed E-state index contributed by atoms with van der Waals surface area (Å²) in [4.78, 5) is 0. The van der Waals surface area contributed by atoms with Crippen molar-refractivity contribution in [3.8, 4) is 5.75 Å². The molecule has 0 bridgehead atoms. The van der Waals surface area contributed by atoms with Crippen molar-refractivity contribution in [3.05, 3.63) is 29.3 Å². The highest BCUT2D eigenvalue weighted by Crippen LogP contribution is 2.24. The highest BCUT2D eigenvalue weighted by Gasteiger charge is 2.07. The molecule has 2 N–H and O–H groups in total. The van der Waals surface area contributed by atoms with Crippen molar-refractivity contribution in [1.29, 1.82) is 0 Å². The first-order valence-electron chi connectivity index (χ1n) is 4.67. The lowest BCUT2D eigenvalue weighted by Crippen LogP contribution is -2.05. The van der Waals surface area contributed by atoms with Gasteiger partial charge in [0.1, 0.15) is 5.75 Å². The maximum Gasteiger partial charge on any atom is 0.127 e. The van der Waals surface area contributed by atoms with Crippen LogP contribution in [0.1, 0.15) is 11.1 Å². The fourth-order valence-corrected chi connectivity index (χ4v) is 1.52. The Hall–Kier alpha value is -1.06. The summed E-state index contributed by atoms with van der Waals surface area (Å²) in [5, 5.41) is 0. The largest absolute Gasteiger partial charge is 0.496 e.